The summed E-state index contributed by atoms with van der Waals surface area (Å²) in [6, 6.07) is 10.7. The molecule has 0 saturated heterocycles. The second-order valence-corrected chi connectivity index (χ2v) is 4.77. The first kappa shape index (κ1) is 11.8. The first-order valence-electron chi connectivity index (χ1n) is 6.57. The number of hydrogen-bond acceptors (Lipinski definition) is 2. The Morgan fingerprint density at radius 2 is 1.89 bits per heavy atom. The molecule has 3 rings (SSSR count). The predicted molar refractivity (Wildman–Crippen MR) is 79.1 cm³/mol. The van der Waals surface area contributed by atoms with Gasteiger partial charge in [-0.3, -0.25) is 9.97 Å². The first-order valence-corrected chi connectivity index (χ1v) is 6.57. The van der Waals surface area contributed by atoms with E-state index in [1.165, 1.54) is 27.5 Å². The zero-order valence-corrected chi connectivity index (χ0v) is 11.2. The number of rotatable bonds is 2. The van der Waals surface area contributed by atoms with Gasteiger partial charge in [-0.05, 0) is 48.1 Å². The van der Waals surface area contributed by atoms with Gasteiger partial charge >= 0.3 is 0 Å². The number of benzene rings is 1. The fourth-order valence-corrected chi connectivity index (χ4v) is 2.41. The minimum atomic E-state index is 1.02. The molecule has 0 atom stereocenters. The number of aromatic nitrogens is 2. The Balaban J connectivity index is 2.20. The zero-order valence-electron chi connectivity index (χ0n) is 11.2. The average Bonchev–Trinajstić information content (AvgIpc) is 2.46. The van der Waals surface area contributed by atoms with E-state index in [1.54, 1.807) is 0 Å². The maximum Gasteiger partial charge on any atom is 0.0379 e. The SMILES string of the molecule is CCc1ccncc1-c1ccc2cnc(C)cc2c1. The van der Waals surface area contributed by atoms with E-state index in [0.717, 1.165) is 12.1 Å². The summed E-state index contributed by atoms with van der Waals surface area (Å²) in [4.78, 5) is 8.59. The third-order valence-corrected chi connectivity index (χ3v) is 3.46. The van der Waals surface area contributed by atoms with Gasteiger partial charge in [0, 0.05) is 35.2 Å². The van der Waals surface area contributed by atoms with Gasteiger partial charge in [0.25, 0.3) is 0 Å². The van der Waals surface area contributed by atoms with E-state index in [2.05, 4.69) is 47.2 Å². The molecule has 2 heterocycles. The first-order chi connectivity index (χ1) is 9.28. The van der Waals surface area contributed by atoms with Crippen LogP contribution in [0.25, 0.3) is 21.9 Å². The van der Waals surface area contributed by atoms with Gasteiger partial charge in [0.2, 0.25) is 0 Å². The Morgan fingerprint density at radius 3 is 2.74 bits per heavy atom. The van der Waals surface area contributed by atoms with Crippen molar-refractivity contribution in [3.63, 3.8) is 0 Å². The highest BCUT2D eigenvalue weighted by atomic mass is 14.7. The highest BCUT2D eigenvalue weighted by Gasteiger charge is 2.05. The third-order valence-electron chi connectivity index (χ3n) is 3.46. The summed E-state index contributed by atoms with van der Waals surface area (Å²) < 4.78 is 0. The van der Waals surface area contributed by atoms with E-state index in [0.29, 0.717) is 0 Å². The Hall–Kier alpha value is -2.22. The molecule has 0 unspecified atom stereocenters. The monoisotopic (exact) mass is 248 g/mol. The summed E-state index contributed by atoms with van der Waals surface area (Å²) in [6.07, 6.45) is 6.76. The molecule has 3 aromatic rings. The predicted octanol–water partition coefficient (Wildman–Crippen LogP) is 4.17. The van der Waals surface area contributed by atoms with Gasteiger partial charge in [0.1, 0.15) is 0 Å². The summed E-state index contributed by atoms with van der Waals surface area (Å²) in [5.41, 5.74) is 4.83. The lowest BCUT2D eigenvalue weighted by Crippen LogP contribution is -1.89. The molecule has 19 heavy (non-hydrogen) atoms. The molecular formula is C17H16N2. The van der Waals surface area contributed by atoms with Gasteiger partial charge in [-0.25, -0.2) is 0 Å². The number of fused-ring (bicyclic) bond motifs is 1. The maximum atomic E-state index is 4.33. The quantitative estimate of drug-likeness (QED) is 0.680. The summed E-state index contributed by atoms with van der Waals surface area (Å²) >= 11 is 0. The van der Waals surface area contributed by atoms with E-state index in [-0.39, 0.29) is 0 Å². The molecule has 0 aliphatic carbocycles. The van der Waals surface area contributed by atoms with Gasteiger partial charge in [0.15, 0.2) is 0 Å². The van der Waals surface area contributed by atoms with Gasteiger partial charge in [0.05, 0.1) is 0 Å². The standard InChI is InChI=1S/C17H16N2/c1-3-13-6-7-18-11-17(13)14-4-5-15-10-19-12(2)8-16(15)9-14/h4-11H,3H2,1-2H3. The highest BCUT2D eigenvalue weighted by molar-refractivity contribution is 5.87. The van der Waals surface area contributed by atoms with Crippen LogP contribution in [0, 0.1) is 6.92 Å². The van der Waals surface area contributed by atoms with Crippen LogP contribution in [0.4, 0.5) is 0 Å². The number of aryl methyl sites for hydroxylation is 2. The van der Waals surface area contributed by atoms with Crippen molar-refractivity contribution >= 4 is 10.8 Å². The van der Waals surface area contributed by atoms with E-state index in [1.807, 2.05) is 25.5 Å². The largest absolute Gasteiger partial charge is 0.264 e. The molecule has 0 aliphatic heterocycles. The Kier molecular flexibility index (Phi) is 3.00. The smallest absolute Gasteiger partial charge is 0.0379 e. The Bertz CT molecular complexity index is 732. The lowest BCUT2D eigenvalue weighted by molar-refractivity contribution is 1.12. The molecule has 0 N–H and O–H groups in total. The van der Waals surface area contributed by atoms with Crippen LogP contribution < -0.4 is 0 Å². The Labute approximate surface area is 113 Å². The third kappa shape index (κ3) is 2.22. The van der Waals surface area contributed by atoms with Crippen LogP contribution >= 0.6 is 0 Å². The number of pyridine rings is 2. The highest BCUT2D eigenvalue weighted by Crippen LogP contribution is 2.26. The summed E-state index contributed by atoms with van der Waals surface area (Å²) in [5.74, 6) is 0. The molecule has 94 valence electrons. The molecule has 0 radical (unpaired) electrons. The number of hydrogen-bond donors (Lipinski definition) is 0. The van der Waals surface area contributed by atoms with E-state index >= 15 is 0 Å². The fourth-order valence-electron chi connectivity index (χ4n) is 2.41. The molecular weight excluding hydrogens is 232 g/mol. The van der Waals surface area contributed by atoms with Crippen molar-refractivity contribution in [2.24, 2.45) is 0 Å². The average molecular weight is 248 g/mol. The van der Waals surface area contributed by atoms with Crippen molar-refractivity contribution in [1.29, 1.82) is 0 Å². The van der Waals surface area contributed by atoms with Crippen molar-refractivity contribution in [3.8, 4) is 11.1 Å². The van der Waals surface area contributed by atoms with Crippen LogP contribution in [0.2, 0.25) is 0 Å². The van der Waals surface area contributed by atoms with Gasteiger partial charge in [-0.1, -0.05) is 19.1 Å². The molecule has 0 bridgehead atoms. The topological polar surface area (TPSA) is 25.8 Å². The van der Waals surface area contributed by atoms with Crippen LogP contribution in [0.3, 0.4) is 0 Å². The zero-order chi connectivity index (χ0) is 13.2. The lowest BCUT2D eigenvalue weighted by atomic mass is 9.98. The van der Waals surface area contributed by atoms with Crippen LogP contribution in [-0.2, 0) is 6.42 Å². The molecule has 2 heteroatoms. The van der Waals surface area contributed by atoms with E-state index < -0.39 is 0 Å². The van der Waals surface area contributed by atoms with Crippen LogP contribution in [0.15, 0.2) is 48.9 Å². The summed E-state index contributed by atoms with van der Waals surface area (Å²) in [6.45, 7) is 4.20. The minimum Gasteiger partial charge on any atom is -0.264 e. The van der Waals surface area contributed by atoms with Crippen molar-refractivity contribution in [1.82, 2.24) is 9.97 Å². The molecule has 2 aromatic heterocycles. The van der Waals surface area contributed by atoms with Gasteiger partial charge in [-0.15, -0.1) is 0 Å². The maximum absolute atomic E-state index is 4.33. The molecule has 2 nitrogen and oxygen atoms in total. The minimum absolute atomic E-state index is 1.02. The fraction of sp³-hybridized carbons (Fsp3) is 0.176. The van der Waals surface area contributed by atoms with Crippen LogP contribution in [0.1, 0.15) is 18.2 Å². The van der Waals surface area contributed by atoms with E-state index in [9.17, 15) is 0 Å². The van der Waals surface area contributed by atoms with E-state index in [4.69, 9.17) is 0 Å². The normalized spacial score (nSPS) is 10.8. The van der Waals surface area contributed by atoms with Crippen LogP contribution in [0.5, 0.6) is 0 Å². The molecule has 0 spiro atoms. The second kappa shape index (κ2) is 4.81. The van der Waals surface area contributed by atoms with Crippen LogP contribution in [-0.4, -0.2) is 9.97 Å². The van der Waals surface area contributed by atoms with Crippen molar-refractivity contribution < 1.29 is 0 Å². The lowest BCUT2D eigenvalue weighted by Gasteiger charge is -2.08. The van der Waals surface area contributed by atoms with Gasteiger partial charge < -0.3 is 0 Å². The molecule has 0 aliphatic rings. The van der Waals surface area contributed by atoms with Gasteiger partial charge in [-0.2, -0.15) is 0 Å². The number of nitrogens with zero attached hydrogens (tertiary/aromatic N) is 2. The Morgan fingerprint density at radius 1 is 1.00 bits per heavy atom. The van der Waals surface area contributed by atoms with Crippen molar-refractivity contribution in [3.05, 3.63) is 60.2 Å². The second-order valence-electron chi connectivity index (χ2n) is 4.77. The summed E-state index contributed by atoms with van der Waals surface area (Å²) in [7, 11) is 0. The van der Waals surface area contributed by atoms with Crippen molar-refractivity contribution in [2.75, 3.05) is 0 Å². The van der Waals surface area contributed by atoms with Crippen molar-refractivity contribution in [2.45, 2.75) is 20.3 Å². The molecule has 0 saturated carbocycles. The molecule has 1 aromatic carbocycles. The molecule has 0 fully saturated rings. The molecule has 0 amide bonds. The summed E-state index contributed by atoms with van der Waals surface area (Å²) in [5, 5.41) is 2.41.